The van der Waals surface area contributed by atoms with E-state index in [1.54, 1.807) is 0 Å². The number of aliphatic hydroxyl groups excluding tert-OH is 1. The van der Waals surface area contributed by atoms with Gasteiger partial charge in [-0.25, -0.2) is 0 Å². The third-order valence-electron chi connectivity index (χ3n) is 5.44. The van der Waals surface area contributed by atoms with Gasteiger partial charge < -0.3 is 5.11 Å². The number of likely N-dealkylation sites (tertiary alicyclic amines) is 1. The summed E-state index contributed by atoms with van der Waals surface area (Å²) in [6.07, 6.45) is 0.433. The lowest BCUT2D eigenvalue weighted by atomic mass is 9.72. The lowest BCUT2D eigenvalue weighted by Crippen LogP contribution is -2.67. The second-order valence-corrected chi connectivity index (χ2v) is 8.97. The van der Waals surface area contributed by atoms with Crippen LogP contribution in [0.25, 0.3) is 0 Å². The molecule has 3 aromatic carbocycles. The predicted molar refractivity (Wildman–Crippen MR) is 119 cm³/mol. The highest BCUT2D eigenvalue weighted by molar-refractivity contribution is 7.85. The molecule has 2 unspecified atom stereocenters. The maximum absolute atomic E-state index is 10.2. The van der Waals surface area contributed by atoms with E-state index >= 15 is 0 Å². The monoisotopic (exact) mass is 425 g/mol. The minimum absolute atomic E-state index is 0.0978. The van der Waals surface area contributed by atoms with Gasteiger partial charge in [0.05, 0.1) is 17.9 Å². The first kappa shape index (κ1) is 22.2. The van der Waals surface area contributed by atoms with Crippen molar-refractivity contribution in [3.63, 3.8) is 0 Å². The summed E-state index contributed by atoms with van der Waals surface area (Å²) in [4.78, 5) is 2.41. The van der Waals surface area contributed by atoms with Crippen LogP contribution in [0.5, 0.6) is 0 Å². The van der Waals surface area contributed by atoms with E-state index in [0.717, 1.165) is 0 Å². The number of benzene rings is 3. The van der Waals surface area contributed by atoms with Gasteiger partial charge in [0, 0.05) is 12.6 Å². The zero-order valence-corrected chi connectivity index (χ0v) is 17.9. The van der Waals surface area contributed by atoms with E-state index in [1.807, 2.05) is 0 Å². The molecule has 0 aliphatic carbocycles. The van der Waals surface area contributed by atoms with Gasteiger partial charge >= 0.3 is 0 Å². The molecular weight excluding hydrogens is 398 g/mol. The van der Waals surface area contributed by atoms with E-state index < -0.39 is 15.7 Å². The van der Waals surface area contributed by atoms with Gasteiger partial charge in [0.15, 0.2) is 0 Å². The molecule has 2 N–H and O–H groups in total. The van der Waals surface area contributed by atoms with Crippen LogP contribution in [0.1, 0.15) is 23.6 Å². The average molecular weight is 426 g/mol. The van der Waals surface area contributed by atoms with Gasteiger partial charge in [0.2, 0.25) is 0 Å². The van der Waals surface area contributed by atoms with Gasteiger partial charge in [-0.15, -0.1) is 0 Å². The summed E-state index contributed by atoms with van der Waals surface area (Å²) in [5.41, 5.74) is 3.28. The van der Waals surface area contributed by atoms with E-state index in [2.05, 4.69) is 103 Å². The summed E-state index contributed by atoms with van der Waals surface area (Å²) in [6.45, 7) is 2.78. The van der Waals surface area contributed by atoms with Gasteiger partial charge in [-0.2, -0.15) is 8.42 Å². The molecule has 0 bridgehead atoms. The van der Waals surface area contributed by atoms with Crippen molar-refractivity contribution in [3.8, 4) is 0 Å². The summed E-state index contributed by atoms with van der Waals surface area (Å²) in [5, 5.41) is 10.2. The Morgan fingerprint density at radius 3 is 1.33 bits per heavy atom. The summed E-state index contributed by atoms with van der Waals surface area (Å²) < 4.78 is 25.9. The topological polar surface area (TPSA) is 77.8 Å². The molecule has 5 nitrogen and oxygen atoms in total. The van der Waals surface area contributed by atoms with Crippen molar-refractivity contribution >= 4 is 10.1 Å². The Bertz CT molecular complexity index is 936. The number of hydrogen-bond donors (Lipinski definition) is 2. The second-order valence-electron chi connectivity index (χ2n) is 7.50. The lowest BCUT2D eigenvalue weighted by Gasteiger charge is -2.56. The Morgan fingerprint density at radius 2 is 1.10 bits per heavy atom. The van der Waals surface area contributed by atoms with E-state index in [4.69, 9.17) is 4.55 Å². The van der Waals surface area contributed by atoms with Gasteiger partial charge in [-0.05, 0) is 23.6 Å². The molecule has 0 saturated carbocycles. The first-order chi connectivity index (χ1) is 14.2. The molecule has 4 rings (SSSR count). The number of β-amino-alcohol motifs (C(OH)–C–C–N with tert-alkyl or cyclic N) is 1. The molecule has 30 heavy (non-hydrogen) atoms. The minimum Gasteiger partial charge on any atom is -0.390 e. The smallest absolute Gasteiger partial charge is 0.261 e. The molecule has 0 spiro atoms. The number of nitrogens with zero attached hydrogens (tertiary/aromatic N) is 1. The molecular formula is C24H27NO4S. The Balaban J connectivity index is 0.000000461. The SMILES string of the molecule is CC1C(O)CN1C(c1ccccc1)(c1ccccc1)c1ccccc1.CS(=O)(=O)O. The second kappa shape index (κ2) is 9.10. The maximum atomic E-state index is 10.2. The summed E-state index contributed by atoms with van der Waals surface area (Å²) in [6, 6.07) is 32.0. The van der Waals surface area contributed by atoms with Crippen LogP contribution >= 0.6 is 0 Å². The fourth-order valence-electron chi connectivity index (χ4n) is 4.07. The quantitative estimate of drug-likeness (QED) is 0.494. The van der Waals surface area contributed by atoms with Crippen LogP contribution in [0.4, 0.5) is 0 Å². The van der Waals surface area contributed by atoms with Gasteiger partial charge in [0.1, 0.15) is 0 Å². The zero-order chi connectivity index (χ0) is 21.8. The molecule has 1 fully saturated rings. The van der Waals surface area contributed by atoms with Gasteiger partial charge in [0.25, 0.3) is 10.1 Å². The van der Waals surface area contributed by atoms with E-state index in [9.17, 15) is 13.5 Å². The van der Waals surface area contributed by atoms with Crippen LogP contribution in [0.15, 0.2) is 91.0 Å². The molecule has 2 atom stereocenters. The Kier molecular flexibility index (Phi) is 6.73. The Morgan fingerprint density at radius 1 is 0.800 bits per heavy atom. The molecule has 3 aromatic rings. The number of aliphatic hydroxyl groups is 1. The van der Waals surface area contributed by atoms with Crippen molar-refractivity contribution in [2.45, 2.75) is 24.6 Å². The third-order valence-corrected chi connectivity index (χ3v) is 5.44. The van der Waals surface area contributed by atoms with Crippen molar-refractivity contribution in [3.05, 3.63) is 108 Å². The maximum Gasteiger partial charge on any atom is 0.261 e. The highest BCUT2D eigenvalue weighted by Gasteiger charge is 2.50. The van der Waals surface area contributed by atoms with Crippen LogP contribution in [0.3, 0.4) is 0 Å². The summed E-state index contributed by atoms with van der Waals surface area (Å²) >= 11 is 0. The number of hydrogen-bond acceptors (Lipinski definition) is 4. The molecule has 1 heterocycles. The largest absolute Gasteiger partial charge is 0.390 e. The Hall–Kier alpha value is -2.51. The first-order valence-corrected chi connectivity index (χ1v) is 11.6. The lowest BCUT2D eigenvalue weighted by molar-refractivity contribution is -0.0929. The molecule has 158 valence electrons. The average Bonchev–Trinajstić information content (AvgIpc) is 2.75. The zero-order valence-electron chi connectivity index (χ0n) is 17.1. The number of rotatable bonds is 4. The normalized spacial score (nSPS) is 19.3. The first-order valence-electron chi connectivity index (χ1n) is 9.78. The van der Waals surface area contributed by atoms with Crippen molar-refractivity contribution in [1.82, 2.24) is 4.90 Å². The van der Waals surface area contributed by atoms with Gasteiger partial charge in [-0.1, -0.05) is 91.0 Å². The molecule has 1 aliphatic rings. The highest BCUT2D eigenvalue weighted by atomic mass is 32.2. The van der Waals surface area contributed by atoms with E-state index in [1.165, 1.54) is 16.7 Å². The standard InChI is InChI=1S/C23H23NO.CH4O3S/c1-18-22(25)17-24(18)23(19-11-5-2-6-12-19,20-13-7-3-8-14-20)21-15-9-4-10-16-21;1-5(2,3)4/h2-16,18,22,25H,17H2,1H3;1H3,(H,2,3,4). The minimum atomic E-state index is -3.67. The van der Waals surface area contributed by atoms with Crippen LogP contribution in [0.2, 0.25) is 0 Å². The molecule has 0 aromatic heterocycles. The molecule has 0 amide bonds. The van der Waals surface area contributed by atoms with Crippen molar-refractivity contribution < 1.29 is 18.1 Å². The van der Waals surface area contributed by atoms with Crippen molar-refractivity contribution in [1.29, 1.82) is 0 Å². The van der Waals surface area contributed by atoms with Crippen LogP contribution in [-0.2, 0) is 15.7 Å². The molecule has 0 radical (unpaired) electrons. The van der Waals surface area contributed by atoms with Crippen LogP contribution in [0, 0.1) is 0 Å². The van der Waals surface area contributed by atoms with Crippen molar-refractivity contribution in [2.24, 2.45) is 0 Å². The summed E-state index contributed by atoms with van der Waals surface area (Å²) in [5.74, 6) is 0. The Labute approximate surface area is 178 Å². The highest BCUT2D eigenvalue weighted by Crippen LogP contribution is 2.46. The molecule has 6 heteroatoms. The predicted octanol–water partition coefficient (Wildman–Crippen LogP) is 3.55. The molecule has 1 aliphatic heterocycles. The van der Waals surface area contributed by atoms with Crippen molar-refractivity contribution in [2.75, 3.05) is 12.8 Å². The fourth-order valence-corrected chi connectivity index (χ4v) is 4.07. The molecule has 1 saturated heterocycles. The van der Waals surface area contributed by atoms with Crippen LogP contribution in [-0.4, -0.2) is 47.9 Å². The third kappa shape index (κ3) is 4.63. The van der Waals surface area contributed by atoms with Gasteiger partial charge in [-0.3, -0.25) is 9.45 Å². The fraction of sp³-hybridized carbons (Fsp3) is 0.250. The van der Waals surface area contributed by atoms with Crippen LogP contribution < -0.4 is 0 Å². The van der Waals surface area contributed by atoms with E-state index in [-0.39, 0.29) is 12.1 Å². The van der Waals surface area contributed by atoms with E-state index in [0.29, 0.717) is 12.8 Å². The summed E-state index contributed by atoms with van der Waals surface area (Å²) in [7, 11) is -3.67.